The average Bonchev–Trinajstić information content (AvgIpc) is 3.00. The van der Waals surface area contributed by atoms with E-state index in [-0.39, 0.29) is 41.7 Å². The highest BCUT2D eigenvalue weighted by Crippen LogP contribution is 2.47. The van der Waals surface area contributed by atoms with E-state index in [1.54, 1.807) is 12.1 Å². The Labute approximate surface area is 173 Å². The normalized spacial score (nSPS) is 12.4. The third kappa shape index (κ3) is 4.00. The summed E-state index contributed by atoms with van der Waals surface area (Å²) >= 11 is 0. The second-order valence-electron chi connectivity index (χ2n) is 6.14. The van der Waals surface area contributed by atoms with Gasteiger partial charge in [-0.2, -0.15) is 0 Å². The molecule has 2 aromatic rings. The van der Waals surface area contributed by atoms with Gasteiger partial charge < -0.3 is 23.7 Å². The highest BCUT2D eigenvalue weighted by atomic mass is 16.6. The van der Waals surface area contributed by atoms with Gasteiger partial charge in [-0.3, -0.25) is 19.3 Å². The molecule has 0 saturated heterocycles. The first kappa shape index (κ1) is 21.0. The maximum absolute atomic E-state index is 12.5. The van der Waals surface area contributed by atoms with Gasteiger partial charge >= 0.3 is 5.97 Å². The number of para-hydroxylation sites is 1. The maximum atomic E-state index is 12.5. The fourth-order valence-corrected chi connectivity index (χ4v) is 3.08. The molecule has 0 bridgehead atoms. The molecular weight excluding hydrogens is 394 g/mol. The zero-order chi connectivity index (χ0) is 21.7. The minimum atomic E-state index is -0.865. The Balaban J connectivity index is 1.71. The monoisotopic (exact) mass is 415 g/mol. The van der Waals surface area contributed by atoms with Crippen molar-refractivity contribution < 1.29 is 38.1 Å². The summed E-state index contributed by atoms with van der Waals surface area (Å²) in [5, 5.41) is 0. The van der Waals surface area contributed by atoms with Gasteiger partial charge in [0.05, 0.1) is 32.6 Å². The summed E-state index contributed by atoms with van der Waals surface area (Å²) in [6.45, 7) is -0.300. The predicted octanol–water partition coefficient (Wildman–Crippen LogP) is 1.86. The molecule has 1 aliphatic heterocycles. The fourth-order valence-electron chi connectivity index (χ4n) is 3.08. The number of esters is 1. The van der Waals surface area contributed by atoms with Crippen molar-refractivity contribution in [2.75, 3.05) is 46.0 Å². The third-order valence-corrected chi connectivity index (χ3v) is 4.41. The molecule has 0 N–H and O–H groups in total. The van der Waals surface area contributed by atoms with Crippen molar-refractivity contribution in [3.63, 3.8) is 0 Å². The zero-order valence-electron chi connectivity index (χ0n) is 16.8. The largest absolute Gasteiger partial charge is 0.493 e. The van der Waals surface area contributed by atoms with E-state index in [4.69, 9.17) is 23.7 Å². The Morgan fingerprint density at radius 3 is 2.27 bits per heavy atom. The number of carbonyl (C=O) groups is 3. The van der Waals surface area contributed by atoms with E-state index in [0.717, 1.165) is 4.90 Å². The van der Waals surface area contributed by atoms with Crippen LogP contribution in [-0.2, 0) is 14.3 Å². The molecule has 0 radical (unpaired) electrons. The fraction of sp³-hybridized carbons (Fsp3) is 0.286. The lowest BCUT2D eigenvalue weighted by Gasteiger charge is -2.19. The highest BCUT2D eigenvalue weighted by Gasteiger charge is 2.42. The Morgan fingerprint density at radius 1 is 0.933 bits per heavy atom. The van der Waals surface area contributed by atoms with E-state index in [9.17, 15) is 14.4 Å². The van der Waals surface area contributed by atoms with Crippen molar-refractivity contribution in [1.29, 1.82) is 0 Å². The molecule has 0 saturated carbocycles. The topological polar surface area (TPSA) is 101 Å². The summed E-state index contributed by atoms with van der Waals surface area (Å²) in [7, 11) is 4.15. The number of hydrogen-bond donors (Lipinski definition) is 0. The number of ether oxygens (including phenoxy) is 5. The van der Waals surface area contributed by atoms with E-state index in [2.05, 4.69) is 0 Å². The number of anilines is 1. The van der Waals surface area contributed by atoms with E-state index in [1.165, 1.54) is 27.4 Å². The molecule has 9 nitrogen and oxygen atoms in total. The van der Waals surface area contributed by atoms with Crippen LogP contribution < -0.4 is 23.8 Å². The molecule has 1 heterocycles. The summed E-state index contributed by atoms with van der Waals surface area (Å²) in [5.74, 6) is -1.20. The molecule has 0 aliphatic carbocycles. The smallest absolute Gasteiger partial charge is 0.326 e. The van der Waals surface area contributed by atoms with Crippen molar-refractivity contribution >= 4 is 23.3 Å². The molecule has 1 aliphatic rings. The molecule has 0 spiro atoms. The molecule has 0 aromatic heterocycles. The van der Waals surface area contributed by atoms with E-state index >= 15 is 0 Å². The van der Waals surface area contributed by atoms with Gasteiger partial charge in [0, 0.05) is 6.07 Å². The molecule has 9 heteroatoms. The van der Waals surface area contributed by atoms with Gasteiger partial charge in [0.15, 0.2) is 11.5 Å². The molecule has 30 heavy (non-hydrogen) atoms. The average molecular weight is 415 g/mol. The second-order valence-corrected chi connectivity index (χ2v) is 6.14. The summed E-state index contributed by atoms with van der Waals surface area (Å²) in [6, 6.07) is 10.5. The Kier molecular flexibility index (Phi) is 6.41. The molecule has 1 amide bonds. The molecule has 158 valence electrons. The van der Waals surface area contributed by atoms with Crippen molar-refractivity contribution in [2.45, 2.75) is 0 Å². The van der Waals surface area contributed by atoms with Crippen LogP contribution in [0.2, 0.25) is 0 Å². The van der Waals surface area contributed by atoms with Crippen molar-refractivity contribution in [3.05, 3.63) is 42.0 Å². The van der Waals surface area contributed by atoms with E-state index in [1.807, 2.05) is 18.2 Å². The zero-order valence-corrected chi connectivity index (χ0v) is 16.8. The third-order valence-electron chi connectivity index (χ3n) is 4.41. The van der Waals surface area contributed by atoms with Crippen molar-refractivity contribution in [3.8, 4) is 23.0 Å². The van der Waals surface area contributed by atoms with Gasteiger partial charge in [-0.15, -0.1) is 0 Å². The lowest BCUT2D eigenvalue weighted by molar-refractivity contribution is -0.143. The van der Waals surface area contributed by atoms with Crippen LogP contribution in [0, 0.1) is 0 Å². The summed E-state index contributed by atoms with van der Waals surface area (Å²) in [5.41, 5.74) is 0.206. The van der Waals surface area contributed by atoms with Gasteiger partial charge in [0.1, 0.15) is 25.5 Å². The molecule has 3 rings (SSSR count). The van der Waals surface area contributed by atoms with Gasteiger partial charge in [0.2, 0.25) is 5.75 Å². The second kappa shape index (κ2) is 9.17. The van der Waals surface area contributed by atoms with Crippen LogP contribution in [0.4, 0.5) is 5.69 Å². The van der Waals surface area contributed by atoms with Gasteiger partial charge in [-0.05, 0) is 12.1 Å². The first-order valence-electron chi connectivity index (χ1n) is 9.04. The molecule has 0 fully saturated rings. The van der Waals surface area contributed by atoms with Crippen molar-refractivity contribution in [1.82, 2.24) is 0 Å². The predicted molar refractivity (Wildman–Crippen MR) is 106 cm³/mol. The first-order chi connectivity index (χ1) is 14.5. The summed E-state index contributed by atoms with van der Waals surface area (Å²) in [4.78, 5) is 38.3. The molecule has 2 aromatic carbocycles. The number of methoxy groups -OCH3 is 3. The summed E-state index contributed by atoms with van der Waals surface area (Å²) in [6.07, 6.45) is 0. The first-order valence-corrected chi connectivity index (χ1v) is 9.04. The van der Waals surface area contributed by atoms with Crippen LogP contribution in [0.1, 0.15) is 10.4 Å². The lowest BCUT2D eigenvalue weighted by atomic mass is 10.1. The highest BCUT2D eigenvalue weighted by molar-refractivity contribution is 6.53. The Bertz CT molecular complexity index is 957. The minimum absolute atomic E-state index is 0.00812. The molecular formula is C21H21NO8. The standard InChI is InChI=1S/C21H21NO8/c1-26-15-11-14-17(20(28-3)19(15)27-2)18(24)21(25)22(14)12-16(23)30-10-9-29-13-7-5-4-6-8-13/h4-8,11H,9-10,12H2,1-3H3. The number of nitrogens with zero attached hydrogens (tertiary/aromatic N) is 1. The number of hydrogen-bond acceptors (Lipinski definition) is 8. The maximum Gasteiger partial charge on any atom is 0.326 e. The van der Waals surface area contributed by atoms with Crippen LogP contribution in [0.15, 0.2) is 36.4 Å². The number of rotatable bonds is 9. The van der Waals surface area contributed by atoms with Gasteiger partial charge in [-0.25, -0.2) is 0 Å². The Morgan fingerprint density at radius 2 is 1.63 bits per heavy atom. The quantitative estimate of drug-likeness (QED) is 0.348. The molecule has 0 atom stereocenters. The van der Waals surface area contributed by atoms with Crippen LogP contribution in [0.25, 0.3) is 0 Å². The SMILES string of the molecule is COc1cc2c(c(OC)c1OC)C(=O)C(=O)N2CC(=O)OCCOc1ccccc1. The van der Waals surface area contributed by atoms with Gasteiger partial charge in [0.25, 0.3) is 11.7 Å². The van der Waals surface area contributed by atoms with Crippen LogP contribution in [-0.4, -0.2) is 58.7 Å². The molecule has 0 unspecified atom stereocenters. The number of ketones is 1. The Hall–Kier alpha value is -3.75. The number of amides is 1. The van der Waals surface area contributed by atoms with Crippen LogP contribution in [0.3, 0.4) is 0 Å². The minimum Gasteiger partial charge on any atom is -0.493 e. The van der Waals surface area contributed by atoms with Crippen LogP contribution >= 0.6 is 0 Å². The van der Waals surface area contributed by atoms with E-state index < -0.39 is 24.2 Å². The van der Waals surface area contributed by atoms with Crippen molar-refractivity contribution in [2.24, 2.45) is 0 Å². The number of benzene rings is 2. The summed E-state index contributed by atoms with van der Waals surface area (Å²) < 4.78 is 26.4. The lowest BCUT2D eigenvalue weighted by Crippen LogP contribution is -2.35. The van der Waals surface area contributed by atoms with Crippen LogP contribution in [0.5, 0.6) is 23.0 Å². The van der Waals surface area contributed by atoms with E-state index in [0.29, 0.717) is 5.75 Å². The number of fused-ring (bicyclic) bond motifs is 1. The van der Waals surface area contributed by atoms with Gasteiger partial charge in [-0.1, -0.05) is 18.2 Å². The number of Topliss-reactive ketones (excluding diaryl/α,β-unsaturated/α-hetero) is 1. The number of carbonyl (C=O) groups excluding carboxylic acids is 3.